The number of alkyl halides is 2. The number of rotatable bonds is 5. The van der Waals surface area contributed by atoms with Crippen LogP contribution in [0, 0.1) is 11.7 Å². The number of amides is 2. The van der Waals surface area contributed by atoms with Gasteiger partial charge >= 0.3 is 6.61 Å². The lowest BCUT2D eigenvalue weighted by atomic mass is 9.91. The van der Waals surface area contributed by atoms with E-state index in [4.69, 9.17) is 11.6 Å². The maximum Gasteiger partial charge on any atom is 0.387 e. The van der Waals surface area contributed by atoms with Crippen LogP contribution in [0.25, 0.3) is 0 Å². The molecule has 2 heterocycles. The van der Waals surface area contributed by atoms with Crippen molar-refractivity contribution in [3.8, 4) is 5.75 Å². The Hall–Kier alpha value is -2.27. The summed E-state index contributed by atoms with van der Waals surface area (Å²) in [4.78, 5) is 26.9. The summed E-state index contributed by atoms with van der Waals surface area (Å²) in [7, 11) is 3.13. The number of likely N-dealkylation sites (N-methyl/N-ethyl adjacent to an activating group) is 1. The number of para-hydroxylation sites is 1. The van der Waals surface area contributed by atoms with Crippen molar-refractivity contribution in [2.75, 3.05) is 18.9 Å². The van der Waals surface area contributed by atoms with Crippen LogP contribution in [0.2, 0.25) is 5.15 Å². The molecule has 3 rings (SSSR count). The predicted octanol–water partition coefficient (Wildman–Crippen LogP) is 3.39. The van der Waals surface area contributed by atoms with Crippen molar-refractivity contribution in [1.82, 2.24) is 14.7 Å². The third kappa shape index (κ3) is 4.06. The second-order valence-corrected chi connectivity index (χ2v) is 7.55. The molecular formula is C17H15BrClF3N4O3. The lowest BCUT2D eigenvalue weighted by Crippen LogP contribution is -2.33. The molecule has 2 amide bonds. The molecule has 2 atom stereocenters. The van der Waals surface area contributed by atoms with E-state index in [1.165, 1.54) is 28.8 Å². The minimum absolute atomic E-state index is 0.187. The molecule has 1 aromatic heterocycles. The third-order valence-corrected chi connectivity index (χ3v) is 5.97. The molecule has 1 fully saturated rings. The number of nitrogens with zero attached hydrogens (tertiary/aromatic N) is 3. The van der Waals surface area contributed by atoms with Crippen LogP contribution in [0.1, 0.15) is 11.6 Å². The summed E-state index contributed by atoms with van der Waals surface area (Å²) in [6.45, 7) is -3.10. The molecule has 1 aliphatic heterocycles. The largest absolute Gasteiger partial charge is 0.429 e. The zero-order valence-corrected chi connectivity index (χ0v) is 17.5. The Labute approximate surface area is 176 Å². The van der Waals surface area contributed by atoms with E-state index in [-0.39, 0.29) is 12.2 Å². The van der Waals surface area contributed by atoms with Crippen LogP contribution in [0.4, 0.5) is 18.9 Å². The van der Waals surface area contributed by atoms with Gasteiger partial charge in [0.05, 0.1) is 15.9 Å². The topological polar surface area (TPSA) is 76.5 Å². The Balaban J connectivity index is 1.94. The van der Waals surface area contributed by atoms with Crippen molar-refractivity contribution < 1.29 is 27.5 Å². The monoisotopic (exact) mass is 494 g/mol. The highest BCUT2D eigenvalue weighted by Crippen LogP contribution is 2.40. The van der Waals surface area contributed by atoms with Crippen molar-refractivity contribution in [2.45, 2.75) is 12.5 Å². The van der Waals surface area contributed by atoms with Crippen molar-refractivity contribution in [1.29, 1.82) is 0 Å². The molecule has 0 bridgehead atoms. The minimum Gasteiger partial charge on any atom is -0.429 e. The molecule has 1 aromatic carbocycles. The van der Waals surface area contributed by atoms with E-state index in [2.05, 4.69) is 31.1 Å². The van der Waals surface area contributed by atoms with Gasteiger partial charge in [-0.2, -0.15) is 13.9 Å². The highest BCUT2D eigenvalue weighted by atomic mass is 79.9. The molecule has 0 aliphatic carbocycles. The second-order valence-electron chi connectivity index (χ2n) is 6.40. The lowest BCUT2D eigenvalue weighted by Gasteiger charge is -2.17. The molecule has 2 aromatic rings. The van der Waals surface area contributed by atoms with E-state index < -0.39 is 41.8 Å². The Bertz CT molecular complexity index is 972. The highest BCUT2D eigenvalue weighted by Gasteiger charge is 2.46. The summed E-state index contributed by atoms with van der Waals surface area (Å²) < 4.78 is 45.1. The van der Waals surface area contributed by atoms with E-state index in [1.54, 1.807) is 7.05 Å². The average Bonchev–Trinajstić information content (AvgIpc) is 3.08. The van der Waals surface area contributed by atoms with Gasteiger partial charge in [-0.25, -0.2) is 4.39 Å². The van der Waals surface area contributed by atoms with Crippen molar-refractivity contribution in [3.05, 3.63) is 39.3 Å². The number of nitrogens with one attached hydrogen (secondary N) is 1. The predicted molar refractivity (Wildman–Crippen MR) is 101 cm³/mol. The number of carbonyl (C=O) groups is 2. The number of aryl methyl sites for hydroxylation is 1. The molecule has 1 aliphatic rings. The third-order valence-electron chi connectivity index (χ3n) is 4.53. The standard InChI is InChI=1S/C17H15BrClF3N4O3/c1-25-6-7(12-11(18)14(19)26(2)24-12)10(16(25)28)15(27)23-9-5-3-4-8(20)13(9)29-17(21)22/h3-5,7,10,17H,6H2,1-2H3,(H,23,27)/t7-,10-/m0/s1. The van der Waals surface area contributed by atoms with Gasteiger partial charge in [0, 0.05) is 26.6 Å². The van der Waals surface area contributed by atoms with Gasteiger partial charge in [0.25, 0.3) is 0 Å². The number of halogens is 5. The summed E-state index contributed by atoms with van der Waals surface area (Å²) in [6, 6.07) is 3.33. The van der Waals surface area contributed by atoms with E-state index >= 15 is 0 Å². The maximum absolute atomic E-state index is 13.9. The Morgan fingerprint density at radius 3 is 2.69 bits per heavy atom. The summed E-state index contributed by atoms with van der Waals surface area (Å²) in [5, 5.41) is 6.88. The second kappa shape index (κ2) is 8.23. The normalized spacial score (nSPS) is 19.2. The number of ether oxygens (including phenoxy) is 1. The Morgan fingerprint density at radius 1 is 1.41 bits per heavy atom. The van der Waals surface area contributed by atoms with Gasteiger partial charge in [0.15, 0.2) is 11.6 Å². The van der Waals surface area contributed by atoms with Crippen LogP contribution in [0.5, 0.6) is 5.75 Å². The molecule has 7 nitrogen and oxygen atoms in total. The smallest absolute Gasteiger partial charge is 0.387 e. The van der Waals surface area contributed by atoms with Gasteiger partial charge in [-0.15, -0.1) is 0 Å². The first kappa shape index (κ1) is 21.4. The van der Waals surface area contributed by atoms with Crippen LogP contribution in [-0.4, -0.2) is 46.7 Å². The van der Waals surface area contributed by atoms with E-state index in [0.29, 0.717) is 15.3 Å². The number of hydrogen-bond donors (Lipinski definition) is 1. The maximum atomic E-state index is 13.9. The molecule has 12 heteroatoms. The van der Waals surface area contributed by atoms with Crippen molar-refractivity contribution in [2.24, 2.45) is 13.0 Å². The van der Waals surface area contributed by atoms with Crippen LogP contribution in [0.15, 0.2) is 22.7 Å². The van der Waals surface area contributed by atoms with Gasteiger partial charge in [0.2, 0.25) is 11.8 Å². The van der Waals surface area contributed by atoms with Crippen molar-refractivity contribution >= 4 is 45.0 Å². The van der Waals surface area contributed by atoms with E-state index in [9.17, 15) is 22.8 Å². The zero-order valence-electron chi connectivity index (χ0n) is 15.1. The molecule has 0 unspecified atom stereocenters. The molecule has 156 valence electrons. The van der Waals surface area contributed by atoms with Crippen LogP contribution in [-0.2, 0) is 16.6 Å². The van der Waals surface area contributed by atoms with Gasteiger partial charge in [0.1, 0.15) is 11.1 Å². The van der Waals surface area contributed by atoms with Gasteiger partial charge in [-0.05, 0) is 28.1 Å². The number of benzene rings is 1. The number of aromatic nitrogens is 2. The SMILES string of the molecule is CN1C[C@H](c2nn(C)c(Cl)c2Br)[C@@H](C(=O)Nc2cccc(F)c2OC(F)F)C1=O. The van der Waals surface area contributed by atoms with Crippen LogP contribution < -0.4 is 10.1 Å². The summed E-state index contributed by atoms with van der Waals surface area (Å²) >= 11 is 9.43. The van der Waals surface area contributed by atoms with Crippen LogP contribution in [0.3, 0.4) is 0 Å². The molecule has 1 N–H and O–H groups in total. The molecule has 0 saturated carbocycles. The average molecular weight is 496 g/mol. The fraction of sp³-hybridized carbons (Fsp3) is 0.353. The summed E-state index contributed by atoms with van der Waals surface area (Å²) in [5.74, 6) is -5.06. The molecule has 0 spiro atoms. The number of hydrogen-bond acceptors (Lipinski definition) is 4. The fourth-order valence-electron chi connectivity index (χ4n) is 3.20. The molecule has 29 heavy (non-hydrogen) atoms. The first-order valence-electron chi connectivity index (χ1n) is 8.28. The highest BCUT2D eigenvalue weighted by molar-refractivity contribution is 9.10. The number of carbonyl (C=O) groups excluding carboxylic acids is 2. The van der Waals surface area contributed by atoms with Crippen molar-refractivity contribution in [3.63, 3.8) is 0 Å². The van der Waals surface area contributed by atoms with Gasteiger partial charge in [-0.1, -0.05) is 17.7 Å². The molecular weight excluding hydrogens is 481 g/mol. The fourth-order valence-corrected chi connectivity index (χ4v) is 3.96. The van der Waals surface area contributed by atoms with Gasteiger partial charge in [-0.3, -0.25) is 14.3 Å². The van der Waals surface area contributed by atoms with Crippen LogP contribution >= 0.6 is 27.5 Å². The number of anilines is 1. The molecule has 1 saturated heterocycles. The molecule has 0 radical (unpaired) electrons. The minimum atomic E-state index is -3.29. The quantitative estimate of drug-likeness (QED) is 0.645. The van der Waals surface area contributed by atoms with E-state index in [1.807, 2.05) is 0 Å². The summed E-state index contributed by atoms with van der Waals surface area (Å²) in [5.41, 5.74) is 0.0909. The number of likely N-dealkylation sites (tertiary alicyclic amines) is 1. The van der Waals surface area contributed by atoms with Gasteiger partial charge < -0.3 is 15.0 Å². The summed E-state index contributed by atoms with van der Waals surface area (Å²) in [6.07, 6.45) is 0. The first-order valence-corrected chi connectivity index (χ1v) is 9.46. The Kier molecular flexibility index (Phi) is 6.08. The Morgan fingerprint density at radius 2 is 2.10 bits per heavy atom. The zero-order chi connectivity index (χ0) is 21.5. The van der Waals surface area contributed by atoms with E-state index in [0.717, 1.165) is 6.07 Å². The first-order chi connectivity index (χ1) is 13.6. The lowest BCUT2D eigenvalue weighted by molar-refractivity contribution is -0.135.